The largest absolute Gasteiger partial charge is 0.359 e. The maximum Gasteiger partial charge on any atom is 0.325 e. The maximum atomic E-state index is 14.6. The molecule has 0 aliphatic heterocycles. The van der Waals surface area contributed by atoms with Gasteiger partial charge in [0, 0.05) is 23.2 Å². The normalized spacial score (nSPS) is 11.5. The van der Waals surface area contributed by atoms with Crippen molar-refractivity contribution in [2.45, 2.75) is 26.2 Å². The molecule has 4 rings (SSSR count). The molecule has 31 heavy (non-hydrogen) atoms. The Kier molecular flexibility index (Phi) is 5.02. The van der Waals surface area contributed by atoms with Gasteiger partial charge in [0.1, 0.15) is 22.9 Å². The van der Waals surface area contributed by atoms with Crippen molar-refractivity contribution in [3.63, 3.8) is 0 Å². The summed E-state index contributed by atoms with van der Waals surface area (Å²) in [6, 6.07) is 10.1. The smallest absolute Gasteiger partial charge is 0.325 e. The summed E-state index contributed by atoms with van der Waals surface area (Å²) in [4.78, 5) is 29.2. The Bertz CT molecular complexity index is 1290. The number of nitrogens with zero attached hydrogens (tertiary/aromatic N) is 3. The topological polar surface area (TPSA) is 102 Å². The van der Waals surface area contributed by atoms with Gasteiger partial charge < -0.3 is 9.84 Å². The lowest BCUT2D eigenvalue weighted by Gasteiger charge is -2.12. The highest BCUT2D eigenvalue weighted by Gasteiger charge is 2.21. The highest BCUT2D eigenvalue weighted by Crippen LogP contribution is 2.25. The van der Waals surface area contributed by atoms with Crippen LogP contribution in [0.2, 0.25) is 0 Å². The molecule has 8 nitrogen and oxygen atoms in total. The molecule has 0 aliphatic carbocycles. The molecular weight excluding hydrogens is 401 g/mol. The van der Waals surface area contributed by atoms with Gasteiger partial charge in [0.2, 0.25) is 5.78 Å². The van der Waals surface area contributed by atoms with Crippen molar-refractivity contribution in [3.8, 4) is 0 Å². The van der Waals surface area contributed by atoms with Gasteiger partial charge >= 0.3 is 6.03 Å². The molecule has 9 heteroatoms. The molecule has 3 heterocycles. The summed E-state index contributed by atoms with van der Waals surface area (Å²) in [5, 5.41) is 8.68. The van der Waals surface area contributed by atoms with Crippen molar-refractivity contribution >= 4 is 29.0 Å². The van der Waals surface area contributed by atoms with Gasteiger partial charge in [0.15, 0.2) is 5.82 Å². The SMILES string of the molecule is CC(C)(C)c1cc(NC(=O)Nc2ccc(C(=O)c3cnc4ccccn34)cc2F)no1. The Morgan fingerprint density at radius 2 is 1.90 bits per heavy atom. The number of anilines is 2. The van der Waals surface area contributed by atoms with Crippen LogP contribution < -0.4 is 10.6 Å². The fraction of sp³-hybridized carbons (Fsp3) is 0.182. The van der Waals surface area contributed by atoms with Gasteiger partial charge in [-0.1, -0.05) is 32.0 Å². The van der Waals surface area contributed by atoms with Crippen molar-refractivity contribution in [2.24, 2.45) is 0 Å². The van der Waals surface area contributed by atoms with E-state index >= 15 is 0 Å². The summed E-state index contributed by atoms with van der Waals surface area (Å²) in [5.41, 5.74) is 0.726. The van der Waals surface area contributed by atoms with E-state index in [1.807, 2.05) is 26.8 Å². The first-order chi connectivity index (χ1) is 14.7. The van der Waals surface area contributed by atoms with E-state index in [1.165, 1.54) is 18.3 Å². The lowest BCUT2D eigenvalue weighted by Crippen LogP contribution is -2.20. The van der Waals surface area contributed by atoms with Gasteiger partial charge in [-0.15, -0.1) is 0 Å². The van der Waals surface area contributed by atoms with Crippen molar-refractivity contribution in [1.82, 2.24) is 14.5 Å². The number of hydrogen-bond acceptors (Lipinski definition) is 5. The number of hydrogen-bond donors (Lipinski definition) is 2. The number of pyridine rings is 1. The predicted molar refractivity (Wildman–Crippen MR) is 113 cm³/mol. The van der Waals surface area contributed by atoms with Gasteiger partial charge in [-0.05, 0) is 30.3 Å². The first kappa shape index (κ1) is 20.3. The third-order valence-corrected chi connectivity index (χ3v) is 4.62. The number of rotatable bonds is 4. The minimum absolute atomic E-state index is 0.0771. The fourth-order valence-electron chi connectivity index (χ4n) is 2.96. The lowest BCUT2D eigenvalue weighted by molar-refractivity contribution is 0.103. The number of fused-ring (bicyclic) bond motifs is 1. The van der Waals surface area contributed by atoms with Crippen molar-refractivity contribution in [3.05, 3.63) is 77.7 Å². The molecule has 0 fully saturated rings. The second kappa shape index (κ2) is 7.67. The van der Waals surface area contributed by atoms with E-state index < -0.39 is 11.8 Å². The predicted octanol–water partition coefficient (Wildman–Crippen LogP) is 4.63. The molecule has 3 aromatic heterocycles. The Labute approximate surface area is 177 Å². The zero-order valence-electron chi connectivity index (χ0n) is 17.1. The van der Waals surface area contributed by atoms with E-state index in [0.29, 0.717) is 17.1 Å². The number of urea groups is 1. The highest BCUT2D eigenvalue weighted by atomic mass is 19.1. The average Bonchev–Trinajstić information content (AvgIpc) is 3.36. The van der Waals surface area contributed by atoms with Crippen LogP contribution in [0.1, 0.15) is 42.6 Å². The van der Waals surface area contributed by atoms with Gasteiger partial charge in [-0.3, -0.25) is 14.5 Å². The maximum absolute atomic E-state index is 14.6. The Balaban J connectivity index is 1.48. The molecule has 0 saturated carbocycles. The van der Waals surface area contributed by atoms with E-state index in [2.05, 4.69) is 20.8 Å². The summed E-state index contributed by atoms with van der Waals surface area (Å²) in [6.07, 6.45) is 3.15. The van der Waals surface area contributed by atoms with Crippen LogP contribution in [-0.4, -0.2) is 26.4 Å². The Morgan fingerprint density at radius 3 is 2.61 bits per heavy atom. The molecule has 0 saturated heterocycles. The molecule has 158 valence electrons. The fourth-order valence-corrected chi connectivity index (χ4v) is 2.96. The first-order valence-electron chi connectivity index (χ1n) is 9.54. The van der Waals surface area contributed by atoms with E-state index in [-0.39, 0.29) is 28.3 Å². The van der Waals surface area contributed by atoms with Crippen LogP contribution in [0.25, 0.3) is 5.65 Å². The number of benzene rings is 1. The summed E-state index contributed by atoms with van der Waals surface area (Å²) in [5.74, 6) is -0.317. The summed E-state index contributed by atoms with van der Waals surface area (Å²) >= 11 is 0. The zero-order valence-corrected chi connectivity index (χ0v) is 17.1. The van der Waals surface area contributed by atoms with Gasteiger partial charge in [0.05, 0.1) is 11.9 Å². The molecule has 0 radical (unpaired) electrons. The van der Waals surface area contributed by atoms with E-state index in [0.717, 1.165) is 6.07 Å². The first-order valence-corrected chi connectivity index (χ1v) is 9.54. The third-order valence-electron chi connectivity index (χ3n) is 4.62. The van der Waals surface area contributed by atoms with Crippen LogP contribution in [0.5, 0.6) is 0 Å². The second-order valence-electron chi connectivity index (χ2n) is 8.00. The van der Waals surface area contributed by atoms with Crippen LogP contribution >= 0.6 is 0 Å². The molecule has 1 aromatic carbocycles. The molecule has 0 unspecified atom stereocenters. The van der Waals surface area contributed by atoms with Crippen LogP contribution in [0.4, 0.5) is 20.7 Å². The number of aromatic nitrogens is 3. The van der Waals surface area contributed by atoms with Crippen LogP contribution in [0.15, 0.2) is 59.4 Å². The minimum atomic E-state index is -0.745. The van der Waals surface area contributed by atoms with Crippen LogP contribution in [-0.2, 0) is 5.41 Å². The number of carbonyl (C=O) groups is 2. The van der Waals surface area contributed by atoms with Gasteiger partial charge in [-0.25, -0.2) is 14.2 Å². The van der Waals surface area contributed by atoms with Crippen molar-refractivity contribution in [1.29, 1.82) is 0 Å². The number of amides is 2. The number of halogens is 1. The van der Waals surface area contributed by atoms with Gasteiger partial charge in [0.25, 0.3) is 0 Å². The Morgan fingerprint density at radius 1 is 1.10 bits per heavy atom. The quantitative estimate of drug-likeness (QED) is 0.468. The molecule has 0 atom stereocenters. The molecule has 4 aromatic rings. The standard InChI is InChI=1S/C22H20FN5O3/c1-22(2,3)17-11-18(27-31-17)26-21(30)25-15-8-7-13(10-14(15)23)20(29)16-12-24-19-6-4-5-9-28(16)19/h4-12H,1-3H3,(H2,25,26,27,30). The number of ketones is 1. The molecular formula is C22H20FN5O3. The van der Waals surface area contributed by atoms with Gasteiger partial charge in [-0.2, -0.15) is 0 Å². The molecule has 2 amide bonds. The highest BCUT2D eigenvalue weighted by molar-refractivity contribution is 6.08. The lowest BCUT2D eigenvalue weighted by atomic mass is 9.93. The number of carbonyl (C=O) groups excluding carboxylic acids is 2. The van der Waals surface area contributed by atoms with Crippen molar-refractivity contribution in [2.75, 3.05) is 10.6 Å². The van der Waals surface area contributed by atoms with E-state index in [1.54, 1.807) is 28.8 Å². The third kappa shape index (κ3) is 4.16. The monoisotopic (exact) mass is 421 g/mol. The van der Waals surface area contributed by atoms with Crippen LogP contribution in [0.3, 0.4) is 0 Å². The summed E-state index contributed by atoms with van der Waals surface area (Å²) in [7, 11) is 0. The van der Waals surface area contributed by atoms with E-state index in [9.17, 15) is 14.0 Å². The zero-order chi connectivity index (χ0) is 22.2. The number of nitrogens with one attached hydrogen (secondary N) is 2. The van der Waals surface area contributed by atoms with Crippen molar-refractivity contribution < 1.29 is 18.5 Å². The molecule has 2 N–H and O–H groups in total. The Hall–Kier alpha value is -4.01. The molecule has 0 bridgehead atoms. The summed E-state index contributed by atoms with van der Waals surface area (Å²) in [6.45, 7) is 5.84. The minimum Gasteiger partial charge on any atom is -0.359 e. The summed E-state index contributed by atoms with van der Waals surface area (Å²) < 4.78 is 21.4. The van der Waals surface area contributed by atoms with Crippen LogP contribution in [0, 0.1) is 5.82 Å². The average molecular weight is 421 g/mol. The second-order valence-corrected chi connectivity index (χ2v) is 8.00. The molecule has 0 aliphatic rings. The van der Waals surface area contributed by atoms with E-state index in [4.69, 9.17) is 4.52 Å². The molecule has 0 spiro atoms. The number of imidazole rings is 1.